The molecule has 1 unspecified atom stereocenters. The maximum atomic E-state index is 11.0. The summed E-state index contributed by atoms with van der Waals surface area (Å²) in [5.74, 6) is -0.345. The van der Waals surface area contributed by atoms with Crippen molar-refractivity contribution < 1.29 is 19.1 Å². The van der Waals surface area contributed by atoms with Crippen molar-refractivity contribution in [1.82, 2.24) is 0 Å². The molecule has 1 aromatic rings. The van der Waals surface area contributed by atoms with Crippen LogP contribution in [0.1, 0.15) is 25.0 Å². The Labute approximate surface area is 93.5 Å². The highest BCUT2D eigenvalue weighted by Gasteiger charge is 2.20. The molecular formula is C12H14O4. The monoisotopic (exact) mass is 222 g/mol. The molecule has 0 spiro atoms. The van der Waals surface area contributed by atoms with Gasteiger partial charge in [-0.2, -0.15) is 0 Å². The molecule has 4 nitrogen and oxygen atoms in total. The Hall–Kier alpha value is -1.55. The molecule has 2 heterocycles. The lowest BCUT2D eigenvalue weighted by Gasteiger charge is -2.09. The molecule has 86 valence electrons. The Bertz CT molecular complexity index is 372. The van der Waals surface area contributed by atoms with E-state index >= 15 is 0 Å². The molecular weight excluding hydrogens is 208 g/mol. The average molecular weight is 222 g/mol. The van der Waals surface area contributed by atoms with E-state index in [1.807, 2.05) is 0 Å². The number of carbonyl (C=O) groups is 1. The lowest BCUT2D eigenvalue weighted by Crippen LogP contribution is -2.11. The fraction of sp³-hybridized carbons (Fsp3) is 0.417. The smallest absolute Gasteiger partial charge is 0.331 e. The molecule has 1 aromatic heterocycles. The lowest BCUT2D eigenvalue weighted by atomic mass is 10.1. The molecule has 0 bridgehead atoms. The van der Waals surface area contributed by atoms with Crippen LogP contribution in [0.5, 0.6) is 0 Å². The first-order chi connectivity index (χ1) is 7.75. The second-order valence-electron chi connectivity index (χ2n) is 3.83. The van der Waals surface area contributed by atoms with Crippen LogP contribution < -0.4 is 0 Å². The van der Waals surface area contributed by atoms with Crippen LogP contribution in [0.3, 0.4) is 0 Å². The summed E-state index contributed by atoms with van der Waals surface area (Å²) >= 11 is 0. The minimum absolute atomic E-state index is 0.0392. The number of carboxylic acid groups (broad SMARTS) is 1. The van der Waals surface area contributed by atoms with E-state index in [4.69, 9.17) is 14.3 Å². The van der Waals surface area contributed by atoms with E-state index in [1.165, 1.54) is 6.26 Å². The van der Waals surface area contributed by atoms with E-state index in [-0.39, 0.29) is 6.10 Å². The van der Waals surface area contributed by atoms with Gasteiger partial charge in [0.25, 0.3) is 0 Å². The van der Waals surface area contributed by atoms with E-state index in [1.54, 1.807) is 18.2 Å². The van der Waals surface area contributed by atoms with Crippen LogP contribution in [-0.2, 0) is 9.53 Å². The zero-order chi connectivity index (χ0) is 11.4. The van der Waals surface area contributed by atoms with Gasteiger partial charge in [0.05, 0.1) is 12.4 Å². The summed E-state index contributed by atoms with van der Waals surface area (Å²) in [5, 5.41) is 9.07. The summed E-state index contributed by atoms with van der Waals surface area (Å²) in [4.78, 5) is 11.0. The molecule has 2 rings (SSSR count). The van der Waals surface area contributed by atoms with Crippen LogP contribution >= 0.6 is 0 Å². The van der Waals surface area contributed by atoms with E-state index in [0.717, 1.165) is 19.4 Å². The highest BCUT2D eigenvalue weighted by molar-refractivity contribution is 5.91. The van der Waals surface area contributed by atoms with Crippen LogP contribution in [0.25, 0.3) is 6.08 Å². The van der Waals surface area contributed by atoms with Crippen molar-refractivity contribution in [2.75, 3.05) is 6.61 Å². The Balaban J connectivity index is 2.07. The number of aliphatic carboxylic acids is 1. The van der Waals surface area contributed by atoms with Crippen molar-refractivity contribution in [2.45, 2.75) is 25.4 Å². The zero-order valence-corrected chi connectivity index (χ0v) is 8.89. The third-order valence-electron chi connectivity index (χ3n) is 2.61. The SMILES string of the molecule is O=C(O)C(=Cc1ccco1)CC1CCCO1. The predicted molar refractivity (Wildman–Crippen MR) is 57.9 cm³/mol. The van der Waals surface area contributed by atoms with E-state index < -0.39 is 5.97 Å². The van der Waals surface area contributed by atoms with Crippen LogP contribution in [0.2, 0.25) is 0 Å². The summed E-state index contributed by atoms with van der Waals surface area (Å²) in [6.45, 7) is 0.734. The van der Waals surface area contributed by atoms with Gasteiger partial charge in [-0.25, -0.2) is 4.79 Å². The van der Waals surface area contributed by atoms with Gasteiger partial charge in [0.15, 0.2) is 0 Å². The molecule has 0 saturated carbocycles. The normalized spacial score (nSPS) is 21.2. The highest BCUT2D eigenvalue weighted by Crippen LogP contribution is 2.21. The maximum Gasteiger partial charge on any atom is 0.331 e. The summed E-state index contributed by atoms with van der Waals surface area (Å²) in [5.41, 5.74) is 0.335. The molecule has 0 radical (unpaired) electrons. The minimum Gasteiger partial charge on any atom is -0.478 e. The molecule has 1 aliphatic heterocycles. The molecule has 16 heavy (non-hydrogen) atoms. The number of carboxylic acids is 1. The first-order valence-electron chi connectivity index (χ1n) is 5.34. The van der Waals surface area contributed by atoms with Crippen molar-refractivity contribution in [3.8, 4) is 0 Å². The summed E-state index contributed by atoms with van der Waals surface area (Å²) in [7, 11) is 0. The molecule has 0 aromatic carbocycles. The van der Waals surface area contributed by atoms with Gasteiger partial charge in [-0.3, -0.25) is 0 Å². The first-order valence-corrected chi connectivity index (χ1v) is 5.34. The van der Waals surface area contributed by atoms with Gasteiger partial charge in [0.2, 0.25) is 0 Å². The number of furan rings is 1. The van der Waals surface area contributed by atoms with Crippen LogP contribution in [-0.4, -0.2) is 23.8 Å². The third-order valence-corrected chi connectivity index (χ3v) is 2.61. The summed E-state index contributed by atoms with van der Waals surface area (Å²) < 4.78 is 10.5. The van der Waals surface area contributed by atoms with Gasteiger partial charge >= 0.3 is 5.97 Å². The summed E-state index contributed by atoms with van der Waals surface area (Å²) in [6, 6.07) is 3.47. The zero-order valence-electron chi connectivity index (χ0n) is 8.89. The van der Waals surface area contributed by atoms with Crippen molar-refractivity contribution >= 4 is 12.0 Å². The van der Waals surface area contributed by atoms with Gasteiger partial charge in [-0.15, -0.1) is 0 Å². The Morgan fingerprint density at radius 3 is 3.06 bits per heavy atom. The number of hydrogen-bond acceptors (Lipinski definition) is 3. The second-order valence-corrected chi connectivity index (χ2v) is 3.83. The Kier molecular flexibility index (Phi) is 3.41. The van der Waals surface area contributed by atoms with Crippen molar-refractivity contribution in [2.24, 2.45) is 0 Å². The van der Waals surface area contributed by atoms with E-state index in [0.29, 0.717) is 17.8 Å². The molecule has 1 atom stereocenters. The molecule has 1 saturated heterocycles. The third kappa shape index (κ3) is 2.73. The minimum atomic E-state index is -0.910. The molecule has 1 aliphatic rings. The number of hydrogen-bond donors (Lipinski definition) is 1. The maximum absolute atomic E-state index is 11.0. The van der Waals surface area contributed by atoms with Gasteiger partial charge in [-0.1, -0.05) is 0 Å². The van der Waals surface area contributed by atoms with E-state index in [2.05, 4.69) is 0 Å². The van der Waals surface area contributed by atoms with Gasteiger partial charge < -0.3 is 14.3 Å². The van der Waals surface area contributed by atoms with Gasteiger partial charge in [-0.05, 0) is 31.1 Å². The standard InChI is InChI=1S/C12H14O4/c13-12(14)9(7-10-3-1-5-15-10)8-11-4-2-6-16-11/h1,3,5,7,11H,2,4,6,8H2,(H,13,14). The largest absolute Gasteiger partial charge is 0.478 e. The molecule has 4 heteroatoms. The lowest BCUT2D eigenvalue weighted by molar-refractivity contribution is -0.133. The van der Waals surface area contributed by atoms with E-state index in [9.17, 15) is 4.79 Å². The summed E-state index contributed by atoms with van der Waals surface area (Å²) in [6.07, 6.45) is 5.51. The fourth-order valence-corrected chi connectivity index (χ4v) is 1.80. The predicted octanol–water partition coefficient (Wildman–Crippen LogP) is 2.32. The van der Waals surface area contributed by atoms with Crippen LogP contribution in [0.15, 0.2) is 28.4 Å². The number of rotatable bonds is 4. The molecule has 0 aliphatic carbocycles. The molecule has 1 fully saturated rings. The highest BCUT2D eigenvalue weighted by atomic mass is 16.5. The Morgan fingerprint density at radius 2 is 2.50 bits per heavy atom. The van der Waals surface area contributed by atoms with Crippen LogP contribution in [0, 0.1) is 0 Å². The van der Waals surface area contributed by atoms with Crippen molar-refractivity contribution in [3.05, 3.63) is 29.7 Å². The van der Waals surface area contributed by atoms with Crippen molar-refractivity contribution in [3.63, 3.8) is 0 Å². The second kappa shape index (κ2) is 4.99. The average Bonchev–Trinajstić information content (AvgIpc) is 2.88. The van der Waals surface area contributed by atoms with Crippen molar-refractivity contribution in [1.29, 1.82) is 0 Å². The van der Waals surface area contributed by atoms with Crippen LogP contribution in [0.4, 0.5) is 0 Å². The first kappa shape index (κ1) is 11.0. The van der Waals surface area contributed by atoms with Gasteiger partial charge in [0.1, 0.15) is 5.76 Å². The topological polar surface area (TPSA) is 59.7 Å². The quantitative estimate of drug-likeness (QED) is 0.794. The molecule has 0 amide bonds. The fourth-order valence-electron chi connectivity index (χ4n) is 1.80. The molecule has 1 N–H and O–H groups in total. The Morgan fingerprint density at radius 1 is 1.62 bits per heavy atom. The number of ether oxygens (including phenoxy) is 1. The van der Waals surface area contributed by atoms with Gasteiger partial charge in [0, 0.05) is 18.6 Å².